The van der Waals surface area contributed by atoms with Crippen molar-refractivity contribution in [2.45, 2.75) is 19.4 Å². The van der Waals surface area contributed by atoms with Crippen LogP contribution in [0.2, 0.25) is 10.0 Å². The van der Waals surface area contributed by atoms with Crippen molar-refractivity contribution in [2.24, 2.45) is 0 Å². The van der Waals surface area contributed by atoms with Gasteiger partial charge in [0.1, 0.15) is 0 Å². The van der Waals surface area contributed by atoms with Crippen molar-refractivity contribution in [1.29, 1.82) is 0 Å². The normalized spacial score (nSPS) is 10.6. The summed E-state index contributed by atoms with van der Waals surface area (Å²) in [5, 5.41) is 8.02. The molecule has 0 aliphatic heterocycles. The van der Waals surface area contributed by atoms with Crippen molar-refractivity contribution in [2.75, 3.05) is 5.32 Å². The third kappa shape index (κ3) is 5.18. The summed E-state index contributed by atoms with van der Waals surface area (Å²) in [5.74, 6) is -0.202. The highest BCUT2D eigenvalue weighted by atomic mass is 35.5. The highest BCUT2D eigenvalue weighted by Gasteiger charge is 2.08. The molecular formula is C20H17Cl2N3O2. The Morgan fingerprint density at radius 3 is 2.59 bits per heavy atom. The standard InChI is InChI=1S/C20H17Cl2N3O2/c21-15-8-9-16(22)18(13-15)23-19(26)7-4-12-25-20(27)11-10-17(24-25)14-5-2-1-3-6-14/h1-3,5-6,8-11,13H,4,7,12H2,(H,23,26). The Kier molecular flexibility index (Phi) is 6.27. The number of benzene rings is 2. The van der Waals surface area contributed by atoms with Gasteiger partial charge in [-0.15, -0.1) is 0 Å². The minimum Gasteiger partial charge on any atom is -0.325 e. The largest absolute Gasteiger partial charge is 0.325 e. The second-order valence-electron chi connectivity index (χ2n) is 5.92. The van der Waals surface area contributed by atoms with E-state index in [2.05, 4.69) is 10.4 Å². The monoisotopic (exact) mass is 401 g/mol. The molecule has 1 amide bonds. The van der Waals surface area contributed by atoms with Gasteiger partial charge in [-0.3, -0.25) is 9.59 Å². The molecule has 7 heteroatoms. The van der Waals surface area contributed by atoms with E-state index < -0.39 is 0 Å². The first-order valence-corrected chi connectivity index (χ1v) is 9.17. The Hall–Kier alpha value is -2.63. The van der Waals surface area contributed by atoms with E-state index in [0.717, 1.165) is 5.56 Å². The lowest BCUT2D eigenvalue weighted by Crippen LogP contribution is -2.23. The summed E-state index contributed by atoms with van der Waals surface area (Å²) in [5.41, 5.74) is 1.91. The highest BCUT2D eigenvalue weighted by Crippen LogP contribution is 2.25. The van der Waals surface area contributed by atoms with E-state index in [1.807, 2.05) is 30.3 Å². The zero-order chi connectivity index (χ0) is 19.2. The summed E-state index contributed by atoms with van der Waals surface area (Å²) in [7, 11) is 0. The number of nitrogens with zero attached hydrogens (tertiary/aromatic N) is 2. The van der Waals surface area contributed by atoms with Gasteiger partial charge in [-0.25, -0.2) is 4.68 Å². The Balaban J connectivity index is 1.61. The highest BCUT2D eigenvalue weighted by molar-refractivity contribution is 6.35. The lowest BCUT2D eigenvalue weighted by Gasteiger charge is -2.09. The predicted molar refractivity (Wildman–Crippen MR) is 108 cm³/mol. The number of carbonyl (C=O) groups is 1. The number of aryl methyl sites for hydroxylation is 1. The molecule has 0 unspecified atom stereocenters. The molecule has 1 heterocycles. The lowest BCUT2D eigenvalue weighted by atomic mass is 10.1. The lowest BCUT2D eigenvalue weighted by molar-refractivity contribution is -0.116. The maximum Gasteiger partial charge on any atom is 0.266 e. The predicted octanol–water partition coefficient (Wildman–Crippen LogP) is 4.64. The fourth-order valence-corrected chi connectivity index (χ4v) is 2.90. The Bertz CT molecular complexity index is 1000. The van der Waals surface area contributed by atoms with Crippen LogP contribution < -0.4 is 10.9 Å². The van der Waals surface area contributed by atoms with Crippen LogP contribution in [0.4, 0.5) is 5.69 Å². The summed E-state index contributed by atoms with van der Waals surface area (Å²) in [6.07, 6.45) is 0.696. The molecule has 0 bridgehead atoms. The van der Waals surface area contributed by atoms with Crippen molar-refractivity contribution >= 4 is 34.8 Å². The molecule has 138 valence electrons. The van der Waals surface area contributed by atoms with Crippen LogP contribution in [0.3, 0.4) is 0 Å². The van der Waals surface area contributed by atoms with E-state index in [1.165, 1.54) is 10.7 Å². The fourth-order valence-electron chi connectivity index (χ4n) is 2.57. The Labute approximate surface area is 166 Å². The Morgan fingerprint density at radius 2 is 1.81 bits per heavy atom. The summed E-state index contributed by atoms with van der Waals surface area (Å²) in [4.78, 5) is 24.1. The van der Waals surface area contributed by atoms with Crippen LogP contribution in [0.15, 0.2) is 65.5 Å². The maximum absolute atomic E-state index is 12.1. The first-order chi connectivity index (χ1) is 13.0. The SMILES string of the molecule is O=C(CCCn1nc(-c2ccccc2)ccc1=O)Nc1cc(Cl)ccc1Cl. The summed E-state index contributed by atoms with van der Waals surface area (Å²) in [6.45, 7) is 0.343. The molecule has 1 N–H and O–H groups in total. The number of hydrogen-bond acceptors (Lipinski definition) is 3. The van der Waals surface area contributed by atoms with Crippen molar-refractivity contribution in [3.63, 3.8) is 0 Å². The van der Waals surface area contributed by atoms with Crippen LogP contribution in [-0.2, 0) is 11.3 Å². The molecule has 27 heavy (non-hydrogen) atoms. The van der Waals surface area contributed by atoms with E-state index in [0.29, 0.717) is 34.4 Å². The average molecular weight is 402 g/mol. The van der Waals surface area contributed by atoms with Crippen LogP contribution >= 0.6 is 23.2 Å². The second-order valence-corrected chi connectivity index (χ2v) is 6.77. The number of aromatic nitrogens is 2. The third-order valence-electron chi connectivity index (χ3n) is 3.91. The number of amides is 1. The van der Waals surface area contributed by atoms with E-state index >= 15 is 0 Å². The van der Waals surface area contributed by atoms with Crippen LogP contribution in [0.1, 0.15) is 12.8 Å². The van der Waals surface area contributed by atoms with Crippen molar-refractivity contribution in [3.8, 4) is 11.3 Å². The van der Waals surface area contributed by atoms with Crippen LogP contribution in [0.25, 0.3) is 11.3 Å². The van der Waals surface area contributed by atoms with Gasteiger partial charge in [0.15, 0.2) is 0 Å². The number of anilines is 1. The van der Waals surface area contributed by atoms with Crippen LogP contribution in [0.5, 0.6) is 0 Å². The van der Waals surface area contributed by atoms with Gasteiger partial charge >= 0.3 is 0 Å². The first-order valence-electron chi connectivity index (χ1n) is 8.41. The van der Waals surface area contributed by atoms with Crippen molar-refractivity contribution in [3.05, 3.63) is 81.1 Å². The molecular weight excluding hydrogens is 385 g/mol. The number of carbonyl (C=O) groups excluding carboxylic acids is 1. The molecule has 0 spiro atoms. The van der Waals surface area contributed by atoms with Gasteiger partial charge in [0.05, 0.1) is 16.4 Å². The number of nitrogens with one attached hydrogen (secondary N) is 1. The molecule has 0 aliphatic carbocycles. The van der Waals surface area contributed by atoms with E-state index in [1.54, 1.807) is 24.3 Å². The van der Waals surface area contributed by atoms with Gasteiger partial charge < -0.3 is 5.32 Å². The fraction of sp³-hybridized carbons (Fsp3) is 0.150. The average Bonchev–Trinajstić information content (AvgIpc) is 2.67. The molecule has 0 saturated carbocycles. The molecule has 0 saturated heterocycles. The number of halogens is 2. The van der Waals surface area contributed by atoms with Gasteiger partial charge in [-0.05, 0) is 30.7 Å². The van der Waals surface area contributed by atoms with Gasteiger partial charge in [-0.1, -0.05) is 53.5 Å². The van der Waals surface area contributed by atoms with E-state index in [4.69, 9.17) is 23.2 Å². The van der Waals surface area contributed by atoms with Crippen molar-refractivity contribution < 1.29 is 4.79 Å². The summed E-state index contributed by atoms with van der Waals surface area (Å²) >= 11 is 11.9. The number of rotatable bonds is 6. The van der Waals surface area contributed by atoms with Gasteiger partial charge in [0.25, 0.3) is 5.56 Å². The molecule has 0 fully saturated rings. The van der Waals surface area contributed by atoms with Gasteiger partial charge in [-0.2, -0.15) is 5.10 Å². The molecule has 3 rings (SSSR count). The minimum absolute atomic E-state index is 0.201. The quantitative estimate of drug-likeness (QED) is 0.654. The van der Waals surface area contributed by atoms with Gasteiger partial charge in [0, 0.05) is 29.6 Å². The van der Waals surface area contributed by atoms with E-state index in [-0.39, 0.29) is 17.9 Å². The molecule has 0 aliphatic rings. The first kappa shape index (κ1) is 19.1. The Morgan fingerprint density at radius 1 is 1.04 bits per heavy atom. The molecule has 5 nitrogen and oxygen atoms in total. The van der Waals surface area contributed by atoms with Crippen LogP contribution in [0, 0.1) is 0 Å². The van der Waals surface area contributed by atoms with Gasteiger partial charge in [0.2, 0.25) is 5.91 Å². The van der Waals surface area contributed by atoms with Crippen molar-refractivity contribution in [1.82, 2.24) is 9.78 Å². The smallest absolute Gasteiger partial charge is 0.266 e. The summed E-state index contributed by atoms with van der Waals surface area (Å²) < 4.78 is 1.38. The number of hydrogen-bond donors (Lipinski definition) is 1. The minimum atomic E-state index is -0.202. The maximum atomic E-state index is 12.1. The second kappa shape index (κ2) is 8.84. The molecule has 0 atom stereocenters. The third-order valence-corrected chi connectivity index (χ3v) is 4.48. The molecule has 2 aromatic carbocycles. The molecule has 3 aromatic rings. The zero-order valence-electron chi connectivity index (χ0n) is 14.4. The molecule has 1 aromatic heterocycles. The summed E-state index contributed by atoms with van der Waals surface area (Å²) in [6, 6.07) is 17.7. The topological polar surface area (TPSA) is 64.0 Å². The van der Waals surface area contributed by atoms with E-state index in [9.17, 15) is 9.59 Å². The molecule has 0 radical (unpaired) electrons. The zero-order valence-corrected chi connectivity index (χ0v) is 15.9. The van der Waals surface area contributed by atoms with Crippen LogP contribution in [-0.4, -0.2) is 15.7 Å².